The largest absolute Gasteiger partial charge is 0.449 e. The molecule has 0 bridgehead atoms. The van der Waals surface area contributed by atoms with E-state index in [1.807, 2.05) is 0 Å². The first-order valence-electron chi connectivity index (χ1n) is 8.37. The number of hydrogen-bond acceptors (Lipinski definition) is 5. The monoisotopic (exact) mass is 346 g/mol. The van der Waals surface area contributed by atoms with Gasteiger partial charge in [-0.15, -0.1) is 0 Å². The van der Waals surface area contributed by atoms with E-state index in [4.69, 9.17) is 9.47 Å². The second-order valence-corrected chi connectivity index (χ2v) is 5.91. The maximum Gasteiger partial charge on any atom is 0.436 e. The molecule has 0 saturated heterocycles. The molecule has 0 radical (unpaired) electrons. The fourth-order valence-electron chi connectivity index (χ4n) is 1.75. The number of thioether (sulfide) groups is 1. The lowest BCUT2D eigenvalue weighted by Gasteiger charge is -2.07. The number of nitrogens with zero attached hydrogens (tertiary/aromatic N) is 1. The van der Waals surface area contributed by atoms with Crippen molar-refractivity contribution in [3.63, 3.8) is 0 Å². The first-order valence-corrected chi connectivity index (χ1v) is 9.59. The van der Waals surface area contributed by atoms with Gasteiger partial charge in [0.05, 0.1) is 13.2 Å². The number of unbranched alkanes of at least 4 members (excludes halogenated alkanes) is 6. The second-order valence-electron chi connectivity index (χ2n) is 5.12. The summed E-state index contributed by atoms with van der Waals surface area (Å²) in [6.07, 6.45) is 8.71. The minimum atomic E-state index is -0.686. The lowest BCUT2D eigenvalue weighted by atomic mass is 10.2. The van der Waals surface area contributed by atoms with E-state index in [1.54, 1.807) is 6.26 Å². The summed E-state index contributed by atoms with van der Waals surface area (Å²) in [6, 6.07) is 0. The lowest BCUT2D eigenvalue weighted by molar-refractivity contribution is 0.149. The minimum absolute atomic E-state index is 0.183. The topological polar surface area (TPSA) is 77.0 Å². The van der Waals surface area contributed by atoms with Crippen molar-refractivity contribution < 1.29 is 19.1 Å². The van der Waals surface area contributed by atoms with Crippen molar-refractivity contribution in [3.8, 4) is 0 Å². The van der Waals surface area contributed by atoms with Crippen LogP contribution in [0.1, 0.15) is 65.2 Å². The molecule has 6 nitrogen and oxygen atoms in total. The van der Waals surface area contributed by atoms with E-state index < -0.39 is 12.2 Å². The Morgan fingerprint density at radius 1 is 0.913 bits per heavy atom. The summed E-state index contributed by atoms with van der Waals surface area (Å²) in [5, 5.41) is 2.63. The van der Waals surface area contributed by atoms with Gasteiger partial charge in [0, 0.05) is 0 Å². The Morgan fingerprint density at radius 3 is 2.00 bits per heavy atom. The molecule has 134 valence electrons. The van der Waals surface area contributed by atoms with Gasteiger partial charge in [-0.2, -0.15) is 4.99 Å². The average molecular weight is 346 g/mol. The van der Waals surface area contributed by atoms with E-state index in [1.165, 1.54) is 0 Å². The predicted octanol–water partition coefficient (Wildman–Crippen LogP) is 4.73. The lowest BCUT2D eigenvalue weighted by Crippen LogP contribution is -2.30. The van der Waals surface area contributed by atoms with Crippen LogP contribution in [0.4, 0.5) is 9.59 Å². The van der Waals surface area contributed by atoms with Gasteiger partial charge >= 0.3 is 12.2 Å². The van der Waals surface area contributed by atoms with Gasteiger partial charge in [0.1, 0.15) is 0 Å². The van der Waals surface area contributed by atoms with E-state index in [0.29, 0.717) is 13.2 Å². The minimum Gasteiger partial charge on any atom is -0.449 e. The molecule has 0 fully saturated rings. The highest BCUT2D eigenvalue weighted by Gasteiger charge is 2.09. The number of rotatable bonds is 10. The fourth-order valence-corrected chi connectivity index (χ4v) is 2.10. The Balaban J connectivity index is 3.96. The van der Waals surface area contributed by atoms with Gasteiger partial charge in [0.25, 0.3) is 0 Å². The molecule has 0 aromatic carbocycles. The summed E-state index contributed by atoms with van der Waals surface area (Å²) >= 11 is 1.16. The van der Waals surface area contributed by atoms with Crippen molar-refractivity contribution in [2.75, 3.05) is 19.5 Å². The summed E-state index contributed by atoms with van der Waals surface area (Å²) in [5.74, 6) is 0. The Labute approximate surface area is 143 Å². The molecule has 0 aliphatic rings. The quantitative estimate of drug-likeness (QED) is 0.351. The molecular weight excluding hydrogens is 316 g/mol. The average Bonchev–Trinajstić information content (AvgIpc) is 2.53. The fraction of sp³-hybridized carbons (Fsp3) is 0.812. The summed E-state index contributed by atoms with van der Waals surface area (Å²) < 4.78 is 10.0. The molecule has 0 aromatic rings. The van der Waals surface area contributed by atoms with Crippen molar-refractivity contribution in [2.24, 2.45) is 4.99 Å². The van der Waals surface area contributed by atoms with E-state index >= 15 is 0 Å². The maximum atomic E-state index is 11.6. The summed E-state index contributed by atoms with van der Waals surface area (Å²) in [5.41, 5.74) is 0. The Hall–Kier alpha value is -1.24. The molecule has 0 unspecified atom stereocenters. The number of aliphatic imine (C=N–C) groups is 1. The van der Waals surface area contributed by atoms with Crippen LogP contribution in [-0.4, -0.2) is 36.8 Å². The smallest absolute Gasteiger partial charge is 0.436 e. The van der Waals surface area contributed by atoms with Crippen molar-refractivity contribution in [2.45, 2.75) is 65.2 Å². The number of ether oxygens (including phenoxy) is 2. The predicted molar refractivity (Wildman–Crippen MR) is 95.1 cm³/mol. The number of carbonyl (C=O) groups is 2. The summed E-state index contributed by atoms with van der Waals surface area (Å²) in [4.78, 5) is 26.8. The van der Waals surface area contributed by atoms with Crippen LogP contribution in [-0.2, 0) is 9.47 Å². The number of nitrogens with one attached hydrogen (secondary N) is 1. The standard InChI is InChI=1S/C16H30N2O4S/c1-4-6-8-10-12-21-15(19)17-14(23-3)18-16(20)22-13-11-9-7-5-2/h4-13H2,1-3H3,(H,17,18,19,20). The highest BCUT2D eigenvalue weighted by molar-refractivity contribution is 8.13. The van der Waals surface area contributed by atoms with E-state index in [9.17, 15) is 9.59 Å². The zero-order valence-electron chi connectivity index (χ0n) is 14.6. The molecule has 0 aliphatic heterocycles. The molecule has 0 spiro atoms. The van der Waals surface area contributed by atoms with Crippen molar-refractivity contribution in [1.29, 1.82) is 0 Å². The van der Waals surface area contributed by atoms with Crippen LogP contribution in [0.3, 0.4) is 0 Å². The summed E-state index contributed by atoms with van der Waals surface area (Å²) in [7, 11) is 0. The molecule has 1 N–H and O–H groups in total. The van der Waals surface area contributed by atoms with Crippen LogP contribution in [0.25, 0.3) is 0 Å². The molecule has 0 heterocycles. The van der Waals surface area contributed by atoms with Gasteiger partial charge in [-0.1, -0.05) is 64.1 Å². The second kappa shape index (κ2) is 15.6. The highest BCUT2D eigenvalue weighted by Crippen LogP contribution is 2.02. The van der Waals surface area contributed by atoms with Crippen LogP contribution in [0.2, 0.25) is 0 Å². The van der Waals surface area contributed by atoms with Crippen LogP contribution in [0.5, 0.6) is 0 Å². The van der Waals surface area contributed by atoms with E-state index in [0.717, 1.165) is 63.1 Å². The van der Waals surface area contributed by atoms with Gasteiger partial charge in [0.2, 0.25) is 0 Å². The van der Waals surface area contributed by atoms with E-state index in [-0.39, 0.29) is 5.17 Å². The number of hydrogen-bond donors (Lipinski definition) is 1. The van der Waals surface area contributed by atoms with Crippen LogP contribution >= 0.6 is 11.8 Å². The van der Waals surface area contributed by atoms with E-state index in [2.05, 4.69) is 24.2 Å². The third-order valence-corrected chi connectivity index (χ3v) is 3.63. The zero-order valence-corrected chi connectivity index (χ0v) is 15.4. The first-order chi connectivity index (χ1) is 11.1. The Bertz CT molecular complexity index is 362. The zero-order chi connectivity index (χ0) is 17.3. The Morgan fingerprint density at radius 2 is 1.48 bits per heavy atom. The highest BCUT2D eigenvalue weighted by atomic mass is 32.2. The third-order valence-electron chi connectivity index (χ3n) is 3.05. The van der Waals surface area contributed by atoms with Crippen molar-refractivity contribution in [3.05, 3.63) is 0 Å². The molecule has 0 aromatic heterocycles. The SMILES string of the molecule is CCCCCCOC(=O)N=C(NC(=O)OCCCCCC)SC. The van der Waals surface area contributed by atoms with Gasteiger partial charge < -0.3 is 9.47 Å². The molecule has 23 heavy (non-hydrogen) atoms. The Kier molecular flexibility index (Phi) is 14.8. The first kappa shape index (κ1) is 21.8. The molecule has 2 amide bonds. The van der Waals surface area contributed by atoms with Gasteiger partial charge in [-0.3, -0.25) is 5.32 Å². The molecule has 0 rings (SSSR count). The van der Waals surface area contributed by atoms with Crippen LogP contribution in [0.15, 0.2) is 4.99 Å². The number of carbonyl (C=O) groups excluding carboxylic acids is 2. The van der Waals surface area contributed by atoms with Crippen molar-refractivity contribution >= 4 is 29.1 Å². The normalized spacial score (nSPS) is 11.2. The van der Waals surface area contributed by atoms with Crippen LogP contribution in [0, 0.1) is 0 Å². The molecule has 0 aliphatic carbocycles. The van der Waals surface area contributed by atoms with Crippen LogP contribution < -0.4 is 5.32 Å². The molecule has 0 saturated carbocycles. The number of alkyl carbamates (subject to hydrolysis) is 1. The molecular formula is C16H30N2O4S. The maximum absolute atomic E-state index is 11.6. The van der Waals surface area contributed by atoms with Gasteiger partial charge in [-0.05, 0) is 19.1 Å². The molecule has 0 atom stereocenters. The third kappa shape index (κ3) is 14.1. The number of amidine groups is 1. The summed E-state index contributed by atoms with van der Waals surface area (Å²) in [6.45, 7) is 4.97. The number of amides is 2. The van der Waals surface area contributed by atoms with Gasteiger partial charge in [0.15, 0.2) is 5.17 Å². The van der Waals surface area contributed by atoms with Crippen molar-refractivity contribution in [1.82, 2.24) is 5.32 Å². The van der Waals surface area contributed by atoms with Gasteiger partial charge in [-0.25, -0.2) is 9.59 Å². The molecule has 7 heteroatoms.